The number of carbonyl (C=O) groups is 4. The molecule has 0 atom stereocenters. The van der Waals surface area contributed by atoms with E-state index in [1.807, 2.05) is 0 Å². The number of hydrogen-bond acceptors (Lipinski definition) is 9. The summed E-state index contributed by atoms with van der Waals surface area (Å²) in [6, 6.07) is 12.4. The van der Waals surface area contributed by atoms with Crippen LogP contribution >= 0.6 is 0 Å². The molecule has 0 heterocycles. The molecule has 0 aliphatic heterocycles. The van der Waals surface area contributed by atoms with Crippen LogP contribution in [0.5, 0.6) is 17.2 Å². The standard InChI is InChI=1S/C26H26O9/c1-17(2)24(28)34-21-8-6-19(7-9-21)26(30)35-22-12-10-20(11-13-22)32-14-5-15-33-25(29)18(3)16-23(27)31-4/h6-13H,1,3,5,14-16H2,2,4H3. The highest BCUT2D eigenvalue weighted by Crippen LogP contribution is 2.20. The van der Waals surface area contributed by atoms with Crippen molar-refractivity contribution in [1.82, 2.24) is 0 Å². The Morgan fingerprint density at radius 2 is 1.34 bits per heavy atom. The number of benzene rings is 2. The van der Waals surface area contributed by atoms with E-state index in [-0.39, 0.29) is 42.1 Å². The van der Waals surface area contributed by atoms with Gasteiger partial charge in [-0.3, -0.25) is 4.79 Å². The van der Waals surface area contributed by atoms with Crippen molar-refractivity contribution in [3.8, 4) is 17.2 Å². The summed E-state index contributed by atoms with van der Waals surface area (Å²) in [6.45, 7) is 8.91. The predicted octanol–water partition coefficient (Wildman–Crippen LogP) is 3.82. The molecular formula is C26H26O9. The van der Waals surface area contributed by atoms with Gasteiger partial charge in [-0.15, -0.1) is 0 Å². The fraction of sp³-hybridized carbons (Fsp3) is 0.231. The van der Waals surface area contributed by atoms with Crippen molar-refractivity contribution in [2.75, 3.05) is 20.3 Å². The molecule has 0 aliphatic carbocycles. The van der Waals surface area contributed by atoms with Gasteiger partial charge < -0.3 is 23.7 Å². The highest BCUT2D eigenvalue weighted by molar-refractivity contribution is 5.93. The minimum atomic E-state index is -0.663. The average Bonchev–Trinajstić information content (AvgIpc) is 2.84. The summed E-state index contributed by atoms with van der Waals surface area (Å²) in [6.07, 6.45) is 0.199. The zero-order valence-corrected chi connectivity index (χ0v) is 19.5. The zero-order chi connectivity index (χ0) is 25.8. The Morgan fingerprint density at radius 1 is 0.771 bits per heavy atom. The Kier molecular flexibility index (Phi) is 10.2. The van der Waals surface area contributed by atoms with Gasteiger partial charge in [0.15, 0.2) is 0 Å². The number of rotatable bonds is 12. The van der Waals surface area contributed by atoms with Crippen LogP contribution in [-0.2, 0) is 23.9 Å². The second-order valence-corrected chi connectivity index (χ2v) is 7.25. The van der Waals surface area contributed by atoms with Crippen LogP contribution in [0.3, 0.4) is 0 Å². The minimum absolute atomic E-state index is 0.0186. The van der Waals surface area contributed by atoms with Gasteiger partial charge >= 0.3 is 23.9 Å². The second-order valence-electron chi connectivity index (χ2n) is 7.25. The number of ether oxygens (including phenoxy) is 5. The Morgan fingerprint density at radius 3 is 1.94 bits per heavy atom. The van der Waals surface area contributed by atoms with E-state index in [4.69, 9.17) is 18.9 Å². The summed E-state index contributed by atoms with van der Waals surface area (Å²) in [4.78, 5) is 46.7. The summed E-state index contributed by atoms with van der Waals surface area (Å²) in [5, 5.41) is 0. The Bertz CT molecular complexity index is 1080. The third-order valence-corrected chi connectivity index (χ3v) is 4.35. The molecule has 0 aromatic heterocycles. The molecule has 35 heavy (non-hydrogen) atoms. The largest absolute Gasteiger partial charge is 0.493 e. The topological polar surface area (TPSA) is 114 Å². The van der Waals surface area contributed by atoms with Crippen molar-refractivity contribution >= 4 is 23.9 Å². The molecule has 0 aliphatic rings. The van der Waals surface area contributed by atoms with E-state index in [2.05, 4.69) is 17.9 Å². The van der Waals surface area contributed by atoms with Crippen molar-refractivity contribution in [2.24, 2.45) is 0 Å². The molecule has 2 aromatic carbocycles. The van der Waals surface area contributed by atoms with Gasteiger partial charge in [-0.1, -0.05) is 13.2 Å². The Balaban J connectivity index is 1.73. The summed E-state index contributed by atoms with van der Waals surface area (Å²) in [5.41, 5.74) is 0.567. The summed E-state index contributed by atoms with van der Waals surface area (Å²) >= 11 is 0. The van der Waals surface area contributed by atoms with Crippen LogP contribution in [0.2, 0.25) is 0 Å². The van der Waals surface area contributed by atoms with E-state index in [1.165, 1.54) is 38.3 Å². The molecule has 184 valence electrons. The third kappa shape index (κ3) is 9.17. The number of hydrogen-bond donors (Lipinski definition) is 0. The molecule has 9 nitrogen and oxygen atoms in total. The van der Waals surface area contributed by atoms with E-state index >= 15 is 0 Å². The molecule has 0 saturated carbocycles. The molecule has 0 fully saturated rings. The van der Waals surface area contributed by atoms with Gasteiger partial charge in [-0.2, -0.15) is 0 Å². The molecule has 0 spiro atoms. The van der Waals surface area contributed by atoms with Crippen molar-refractivity contribution in [3.63, 3.8) is 0 Å². The number of carbonyl (C=O) groups excluding carboxylic acids is 4. The first-order valence-corrected chi connectivity index (χ1v) is 10.5. The molecule has 0 radical (unpaired) electrons. The van der Waals surface area contributed by atoms with Gasteiger partial charge in [0.2, 0.25) is 0 Å². The van der Waals surface area contributed by atoms with Crippen LogP contribution in [0, 0.1) is 0 Å². The first-order valence-electron chi connectivity index (χ1n) is 10.5. The average molecular weight is 482 g/mol. The van der Waals surface area contributed by atoms with Crippen LogP contribution in [-0.4, -0.2) is 44.2 Å². The van der Waals surface area contributed by atoms with Crippen molar-refractivity contribution < 1.29 is 42.9 Å². The summed E-state index contributed by atoms with van der Waals surface area (Å²) in [7, 11) is 1.22. The van der Waals surface area contributed by atoms with Crippen LogP contribution in [0.25, 0.3) is 0 Å². The van der Waals surface area contributed by atoms with Crippen molar-refractivity contribution in [1.29, 1.82) is 0 Å². The van der Waals surface area contributed by atoms with Gasteiger partial charge in [0.25, 0.3) is 0 Å². The minimum Gasteiger partial charge on any atom is -0.493 e. The molecule has 0 saturated heterocycles. The number of esters is 4. The maximum absolute atomic E-state index is 12.3. The lowest BCUT2D eigenvalue weighted by molar-refractivity contribution is -0.144. The zero-order valence-electron chi connectivity index (χ0n) is 19.5. The number of methoxy groups -OCH3 is 1. The first-order chi connectivity index (χ1) is 16.7. The lowest BCUT2D eigenvalue weighted by atomic mass is 10.2. The maximum Gasteiger partial charge on any atom is 0.343 e. The van der Waals surface area contributed by atoms with E-state index in [1.54, 1.807) is 24.3 Å². The molecule has 0 amide bonds. The molecular weight excluding hydrogens is 456 g/mol. The van der Waals surface area contributed by atoms with Crippen LogP contribution in [0.1, 0.15) is 30.1 Å². The highest BCUT2D eigenvalue weighted by atomic mass is 16.5. The van der Waals surface area contributed by atoms with Crippen LogP contribution in [0.4, 0.5) is 0 Å². The Labute approximate surface area is 202 Å². The normalized spacial score (nSPS) is 10.0. The molecule has 2 aromatic rings. The lowest BCUT2D eigenvalue weighted by Gasteiger charge is -2.09. The van der Waals surface area contributed by atoms with Gasteiger partial charge in [0.05, 0.1) is 32.3 Å². The molecule has 0 N–H and O–H groups in total. The predicted molar refractivity (Wildman–Crippen MR) is 125 cm³/mol. The maximum atomic E-state index is 12.3. The van der Waals surface area contributed by atoms with E-state index in [9.17, 15) is 19.2 Å². The van der Waals surface area contributed by atoms with E-state index < -0.39 is 23.9 Å². The van der Waals surface area contributed by atoms with Gasteiger partial charge in [-0.25, -0.2) is 14.4 Å². The summed E-state index contributed by atoms with van der Waals surface area (Å²) in [5.74, 6) is -1.21. The van der Waals surface area contributed by atoms with Crippen LogP contribution in [0.15, 0.2) is 72.8 Å². The van der Waals surface area contributed by atoms with E-state index in [0.29, 0.717) is 17.9 Å². The van der Waals surface area contributed by atoms with Crippen molar-refractivity contribution in [3.05, 3.63) is 78.4 Å². The Hall–Kier alpha value is -4.40. The van der Waals surface area contributed by atoms with Crippen molar-refractivity contribution in [2.45, 2.75) is 19.8 Å². The fourth-order valence-electron chi connectivity index (χ4n) is 2.46. The summed E-state index contributed by atoms with van der Waals surface area (Å²) < 4.78 is 25.4. The van der Waals surface area contributed by atoms with Crippen LogP contribution < -0.4 is 14.2 Å². The fourth-order valence-corrected chi connectivity index (χ4v) is 2.46. The molecule has 2 rings (SSSR count). The second kappa shape index (κ2) is 13.3. The van der Waals surface area contributed by atoms with Gasteiger partial charge in [0, 0.05) is 17.6 Å². The first kappa shape index (κ1) is 26.8. The highest BCUT2D eigenvalue weighted by Gasteiger charge is 2.13. The molecule has 9 heteroatoms. The molecule has 0 unspecified atom stereocenters. The molecule has 0 bridgehead atoms. The van der Waals surface area contributed by atoms with E-state index in [0.717, 1.165) is 0 Å². The third-order valence-electron chi connectivity index (χ3n) is 4.35. The lowest BCUT2D eigenvalue weighted by Crippen LogP contribution is -2.13. The van der Waals surface area contributed by atoms with Gasteiger partial charge in [-0.05, 0) is 55.5 Å². The van der Waals surface area contributed by atoms with Gasteiger partial charge in [0.1, 0.15) is 17.2 Å². The monoisotopic (exact) mass is 482 g/mol. The smallest absolute Gasteiger partial charge is 0.343 e. The quantitative estimate of drug-likeness (QED) is 0.193. The SMILES string of the molecule is C=C(C)C(=O)Oc1ccc(C(=O)Oc2ccc(OCCCOC(=O)C(=C)CC(=O)OC)cc2)cc1.